The summed E-state index contributed by atoms with van der Waals surface area (Å²) in [7, 11) is -4.06. The summed E-state index contributed by atoms with van der Waals surface area (Å²) in [4.78, 5) is 14.4. The number of halogens is 1. The molecule has 0 aliphatic rings. The molecule has 21 heavy (non-hydrogen) atoms. The summed E-state index contributed by atoms with van der Waals surface area (Å²) in [6.07, 6.45) is 0. The molecule has 108 valence electrons. The number of hydrogen-bond acceptors (Lipinski definition) is 4. The molecule has 1 heterocycles. The highest BCUT2D eigenvalue weighted by Gasteiger charge is 2.22. The average molecular weight is 324 g/mol. The molecule has 6 nitrogen and oxygen atoms in total. The maximum Gasteiger partial charge on any atom is 0.340 e. The van der Waals surface area contributed by atoms with Crippen molar-refractivity contribution < 1.29 is 8.42 Å². The highest BCUT2D eigenvalue weighted by atomic mass is 35.5. The van der Waals surface area contributed by atoms with Crippen molar-refractivity contribution in [2.75, 3.05) is 5.73 Å². The van der Waals surface area contributed by atoms with Crippen LogP contribution in [0.1, 0.15) is 0 Å². The number of H-pyrrole nitrogens is 1. The standard InChI is InChI=1S/C13H10ClN3O3S/c14-8-2-1-3-10(6-8)21(19,20)17-12-7-9(15)4-5-11(12)16-13(17)18/h1-7H,15H2,(H,16,18). The molecule has 2 aromatic carbocycles. The Kier molecular flexibility index (Phi) is 3.03. The van der Waals surface area contributed by atoms with Crippen LogP contribution in [-0.2, 0) is 10.0 Å². The fourth-order valence-corrected chi connectivity index (χ4v) is 3.74. The van der Waals surface area contributed by atoms with Gasteiger partial charge in [-0.2, -0.15) is 3.97 Å². The van der Waals surface area contributed by atoms with E-state index in [1.807, 2.05) is 0 Å². The first kappa shape index (κ1) is 13.7. The monoisotopic (exact) mass is 323 g/mol. The molecule has 8 heteroatoms. The first-order chi connectivity index (χ1) is 9.89. The second kappa shape index (κ2) is 4.64. The molecular formula is C13H10ClN3O3S. The van der Waals surface area contributed by atoms with E-state index in [1.54, 1.807) is 18.2 Å². The fraction of sp³-hybridized carbons (Fsp3) is 0. The van der Waals surface area contributed by atoms with Gasteiger partial charge in [-0.3, -0.25) is 0 Å². The van der Waals surface area contributed by atoms with E-state index in [-0.39, 0.29) is 15.4 Å². The van der Waals surface area contributed by atoms with E-state index in [2.05, 4.69) is 4.98 Å². The van der Waals surface area contributed by atoms with Gasteiger partial charge in [0.15, 0.2) is 0 Å². The van der Waals surface area contributed by atoms with Crippen molar-refractivity contribution in [3.8, 4) is 0 Å². The van der Waals surface area contributed by atoms with E-state index < -0.39 is 15.7 Å². The first-order valence-corrected chi connectivity index (χ1v) is 7.73. The maximum atomic E-state index is 12.6. The quantitative estimate of drug-likeness (QED) is 0.703. The van der Waals surface area contributed by atoms with E-state index in [9.17, 15) is 13.2 Å². The molecule has 0 amide bonds. The molecule has 0 radical (unpaired) electrons. The van der Waals surface area contributed by atoms with Gasteiger partial charge in [-0.1, -0.05) is 17.7 Å². The van der Waals surface area contributed by atoms with E-state index in [0.29, 0.717) is 15.2 Å². The summed E-state index contributed by atoms with van der Waals surface area (Å²) >= 11 is 5.82. The average Bonchev–Trinajstić information content (AvgIpc) is 2.74. The minimum absolute atomic E-state index is 0.0691. The molecule has 0 aliphatic carbocycles. The minimum Gasteiger partial charge on any atom is -0.399 e. The number of nitrogen functional groups attached to an aromatic ring is 1. The molecule has 0 unspecified atom stereocenters. The Morgan fingerprint density at radius 1 is 1.14 bits per heavy atom. The predicted molar refractivity (Wildman–Crippen MR) is 81.0 cm³/mol. The molecule has 0 bridgehead atoms. The summed E-state index contributed by atoms with van der Waals surface area (Å²) < 4.78 is 26.0. The summed E-state index contributed by atoms with van der Waals surface area (Å²) in [6, 6.07) is 10.3. The number of hydrogen-bond donors (Lipinski definition) is 2. The van der Waals surface area contributed by atoms with Gasteiger partial charge >= 0.3 is 5.69 Å². The third-order valence-electron chi connectivity index (χ3n) is 3.00. The van der Waals surface area contributed by atoms with Crippen molar-refractivity contribution in [3.05, 3.63) is 58.0 Å². The SMILES string of the molecule is Nc1ccc2[nH]c(=O)n(S(=O)(=O)c3cccc(Cl)c3)c2c1. The summed E-state index contributed by atoms with van der Waals surface area (Å²) in [5, 5.41) is 0.267. The third kappa shape index (κ3) is 2.20. The number of rotatable bonds is 2. The van der Waals surface area contributed by atoms with Gasteiger partial charge in [0.25, 0.3) is 10.0 Å². The lowest BCUT2D eigenvalue weighted by Crippen LogP contribution is -2.25. The third-order valence-corrected chi connectivity index (χ3v) is 4.93. The zero-order valence-electron chi connectivity index (χ0n) is 10.6. The Morgan fingerprint density at radius 3 is 2.62 bits per heavy atom. The van der Waals surface area contributed by atoms with E-state index >= 15 is 0 Å². The number of anilines is 1. The normalized spacial score (nSPS) is 11.9. The van der Waals surface area contributed by atoms with Gasteiger partial charge < -0.3 is 10.7 Å². The zero-order valence-corrected chi connectivity index (χ0v) is 12.1. The smallest absolute Gasteiger partial charge is 0.340 e. The van der Waals surface area contributed by atoms with Crippen molar-refractivity contribution in [3.63, 3.8) is 0 Å². The highest BCUT2D eigenvalue weighted by Crippen LogP contribution is 2.21. The lowest BCUT2D eigenvalue weighted by atomic mass is 10.3. The molecule has 0 saturated carbocycles. The largest absolute Gasteiger partial charge is 0.399 e. The second-order valence-electron chi connectivity index (χ2n) is 4.43. The van der Waals surface area contributed by atoms with Crippen LogP contribution in [0.4, 0.5) is 5.69 Å². The summed E-state index contributed by atoms with van der Waals surface area (Å²) in [5.41, 5.74) is 5.85. The van der Waals surface area contributed by atoms with E-state index in [0.717, 1.165) is 0 Å². The molecule has 3 aromatic rings. The van der Waals surface area contributed by atoms with Crippen LogP contribution < -0.4 is 11.4 Å². The van der Waals surface area contributed by atoms with Crippen LogP contribution in [0.2, 0.25) is 5.02 Å². The molecule has 0 fully saturated rings. The Hall–Kier alpha value is -2.25. The lowest BCUT2D eigenvalue weighted by Gasteiger charge is -2.06. The van der Waals surface area contributed by atoms with E-state index in [1.165, 1.54) is 24.3 Å². The van der Waals surface area contributed by atoms with Gasteiger partial charge in [0.1, 0.15) is 0 Å². The Morgan fingerprint density at radius 2 is 1.90 bits per heavy atom. The van der Waals surface area contributed by atoms with Crippen LogP contribution in [0.3, 0.4) is 0 Å². The van der Waals surface area contributed by atoms with Crippen LogP contribution in [0.25, 0.3) is 11.0 Å². The summed E-state index contributed by atoms with van der Waals surface area (Å²) in [6.45, 7) is 0. The van der Waals surface area contributed by atoms with Gasteiger partial charge in [-0.15, -0.1) is 0 Å². The van der Waals surface area contributed by atoms with Crippen molar-refractivity contribution in [2.45, 2.75) is 4.90 Å². The van der Waals surface area contributed by atoms with Crippen molar-refractivity contribution >= 4 is 38.3 Å². The van der Waals surface area contributed by atoms with Gasteiger partial charge in [-0.05, 0) is 36.4 Å². The van der Waals surface area contributed by atoms with Gasteiger partial charge in [0.05, 0.1) is 15.9 Å². The molecule has 0 aliphatic heterocycles. The van der Waals surface area contributed by atoms with Crippen LogP contribution in [0.15, 0.2) is 52.2 Å². The van der Waals surface area contributed by atoms with Crippen LogP contribution in [0, 0.1) is 0 Å². The first-order valence-electron chi connectivity index (χ1n) is 5.91. The molecular weight excluding hydrogens is 314 g/mol. The van der Waals surface area contributed by atoms with Crippen molar-refractivity contribution in [1.82, 2.24) is 8.96 Å². The Labute approximate surface area is 124 Å². The molecule has 0 atom stereocenters. The molecule has 0 saturated heterocycles. The number of nitrogens with zero attached hydrogens (tertiary/aromatic N) is 1. The number of fused-ring (bicyclic) bond motifs is 1. The number of nitrogens with two attached hydrogens (primary N) is 1. The number of imidazole rings is 1. The predicted octanol–water partition coefficient (Wildman–Crippen LogP) is 1.80. The number of aromatic nitrogens is 2. The number of aromatic amines is 1. The highest BCUT2D eigenvalue weighted by molar-refractivity contribution is 7.90. The van der Waals surface area contributed by atoms with E-state index in [4.69, 9.17) is 17.3 Å². The topological polar surface area (TPSA) is 97.9 Å². The van der Waals surface area contributed by atoms with Crippen LogP contribution in [0.5, 0.6) is 0 Å². The fourth-order valence-electron chi connectivity index (χ4n) is 2.07. The minimum atomic E-state index is -4.06. The maximum absolute atomic E-state index is 12.6. The Balaban J connectivity index is 2.36. The van der Waals surface area contributed by atoms with Crippen LogP contribution >= 0.6 is 11.6 Å². The molecule has 3 N–H and O–H groups in total. The number of benzene rings is 2. The second-order valence-corrected chi connectivity index (χ2v) is 6.66. The van der Waals surface area contributed by atoms with Crippen LogP contribution in [-0.4, -0.2) is 17.4 Å². The molecule has 1 aromatic heterocycles. The number of nitrogens with one attached hydrogen (secondary N) is 1. The molecule has 3 rings (SSSR count). The van der Waals surface area contributed by atoms with Crippen molar-refractivity contribution in [1.29, 1.82) is 0 Å². The molecule has 0 spiro atoms. The van der Waals surface area contributed by atoms with Gasteiger partial charge in [-0.25, -0.2) is 13.2 Å². The summed E-state index contributed by atoms with van der Waals surface area (Å²) in [5.74, 6) is 0. The van der Waals surface area contributed by atoms with Gasteiger partial charge in [0, 0.05) is 10.7 Å². The zero-order chi connectivity index (χ0) is 15.2. The van der Waals surface area contributed by atoms with Gasteiger partial charge in [0.2, 0.25) is 0 Å². The van der Waals surface area contributed by atoms with Crippen molar-refractivity contribution in [2.24, 2.45) is 0 Å². The Bertz CT molecular complexity index is 1000. The lowest BCUT2D eigenvalue weighted by molar-refractivity contribution is 0.587.